The molecule has 0 aliphatic rings. The van der Waals surface area contributed by atoms with Crippen LogP contribution < -0.4 is 10.6 Å². The molecule has 0 bridgehead atoms. The molecule has 0 aliphatic carbocycles. The van der Waals surface area contributed by atoms with Gasteiger partial charge in [-0.05, 0) is 38.1 Å². The van der Waals surface area contributed by atoms with Crippen molar-refractivity contribution in [2.45, 2.75) is 20.3 Å². The van der Waals surface area contributed by atoms with E-state index in [-0.39, 0.29) is 12.3 Å². The molecule has 2 N–H and O–H groups in total. The number of thioether (sulfide) groups is 1. The molecule has 0 saturated carbocycles. The molecule has 0 atom stereocenters. The Morgan fingerprint density at radius 3 is 2.39 bits per heavy atom. The van der Waals surface area contributed by atoms with Crippen molar-refractivity contribution >= 4 is 57.5 Å². The Bertz CT molecular complexity index is 548. The number of anilines is 1. The van der Waals surface area contributed by atoms with Crippen LogP contribution in [0.1, 0.15) is 20.3 Å². The highest BCUT2D eigenvalue weighted by Crippen LogP contribution is 2.13. The third kappa shape index (κ3) is 7.67. The van der Waals surface area contributed by atoms with Crippen molar-refractivity contribution in [1.29, 1.82) is 0 Å². The maximum absolute atomic E-state index is 11.7. The van der Waals surface area contributed by atoms with Gasteiger partial charge in [0.05, 0.1) is 0 Å². The fourth-order valence-electron chi connectivity index (χ4n) is 1.69. The van der Waals surface area contributed by atoms with Crippen molar-refractivity contribution in [1.82, 2.24) is 10.2 Å². The molecule has 0 spiro atoms. The molecule has 5 nitrogen and oxygen atoms in total. The van der Waals surface area contributed by atoms with Gasteiger partial charge >= 0.3 is 6.03 Å². The maximum Gasteiger partial charge on any atom is 0.325 e. The van der Waals surface area contributed by atoms with Gasteiger partial charge in [0.1, 0.15) is 4.32 Å². The summed E-state index contributed by atoms with van der Waals surface area (Å²) in [5.74, 6) is 0.196. The minimum atomic E-state index is -0.561. The van der Waals surface area contributed by atoms with E-state index in [1.807, 2.05) is 18.7 Å². The van der Waals surface area contributed by atoms with Crippen LogP contribution in [0.25, 0.3) is 0 Å². The fourth-order valence-corrected chi connectivity index (χ4v) is 3.23. The van der Waals surface area contributed by atoms with E-state index < -0.39 is 6.03 Å². The minimum absolute atomic E-state index is 0.222. The number of nitrogens with zero attached hydrogens (tertiary/aromatic N) is 1. The van der Waals surface area contributed by atoms with Crippen molar-refractivity contribution in [3.8, 4) is 0 Å². The quantitative estimate of drug-likeness (QED) is 0.744. The molecule has 3 amide bonds. The van der Waals surface area contributed by atoms with Crippen molar-refractivity contribution < 1.29 is 9.59 Å². The molecule has 0 unspecified atom stereocenters. The second-order valence-electron chi connectivity index (χ2n) is 4.55. The van der Waals surface area contributed by atoms with E-state index in [1.54, 1.807) is 24.3 Å². The van der Waals surface area contributed by atoms with Gasteiger partial charge in [0.2, 0.25) is 5.91 Å². The van der Waals surface area contributed by atoms with Crippen LogP contribution in [0.2, 0.25) is 5.02 Å². The van der Waals surface area contributed by atoms with Gasteiger partial charge in [0, 0.05) is 36.0 Å². The number of hydrogen-bond donors (Lipinski definition) is 2. The van der Waals surface area contributed by atoms with Gasteiger partial charge in [-0.1, -0.05) is 35.6 Å². The number of halogens is 1. The van der Waals surface area contributed by atoms with Gasteiger partial charge < -0.3 is 10.2 Å². The molecule has 126 valence electrons. The highest BCUT2D eigenvalue weighted by Gasteiger charge is 2.10. The number of hydrogen-bond acceptors (Lipinski definition) is 4. The van der Waals surface area contributed by atoms with E-state index in [0.29, 0.717) is 16.5 Å². The molecule has 8 heteroatoms. The second-order valence-corrected chi connectivity index (χ2v) is 6.71. The van der Waals surface area contributed by atoms with Crippen LogP contribution in [0.3, 0.4) is 0 Å². The van der Waals surface area contributed by atoms with Gasteiger partial charge in [-0.3, -0.25) is 10.1 Å². The molecule has 1 aromatic rings. The molecule has 1 rings (SSSR count). The molecule has 0 aliphatic heterocycles. The third-order valence-corrected chi connectivity index (χ3v) is 4.71. The van der Waals surface area contributed by atoms with Gasteiger partial charge in [0.25, 0.3) is 0 Å². The summed E-state index contributed by atoms with van der Waals surface area (Å²) >= 11 is 12.5. The van der Waals surface area contributed by atoms with E-state index in [4.69, 9.17) is 23.8 Å². The first-order valence-corrected chi connectivity index (χ1v) is 9.01. The molecule has 0 aromatic heterocycles. The van der Waals surface area contributed by atoms with E-state index in [1.165, 1.54) is 11.8 Å². The van der Waals surface area contributed by atoms with E-state index in [0.717, 1.165) is 17.4 Å². The summed E-state index contributed by atoms with van der Waals surface area (Å²) in [6.07, 6.45) is 0.222. The Balaban J connectivity index is 2.29. The summed E-state index contributed by atoms with van der Waals surface area (Å²) in [5.41, 5.74) is 0.566. The van der Waals surface area contributed by atoms with Gasteiger partial charge in [-0.25, -0.2) is 4.79 Å². The predicted molar refractivity (Wildman–Crippen MR) is 101 cm³/mol. The fraction of sp³-hybridized carbons (Fsp3) is 0.400. The average Bonchev–Trinajstić information content (AvgIpc) is 2.50. The number of carbonyl (C=O) groups excluding carboxylic acids is 2. The Labute approximate surface area is 151 Å². The Hall–Kier alpha value is -1.31. The Morgan fingerprint density at radius 2 is 1.83 bits per heavy atom. The summed E-state index contributed by atoms with van der Waals surface area (Å²) in [6, 6.07) is 6.07. The highest BCUT2D eigenvalue weighted by molar-refractivity contribution is 8.22. The second kappa shape index (κ2) is 10.5. The van der Waals surface area contributed by atoms with Gasteiger partial charge in [0.15, 0.2) is 0 Å². The number of benzene rings is 1. The summed E-state index contributed by atoms with van der Waals surface area (Å²) in [6.45, 7) is 5.75. The molecule has 23 heavy (non-hydrogen) atoms. The largest absolute Gasteiger partial charge is 0.358 e. The predicted octanol–water partition coefficient (Wildman–Crippen LogP) is 3.74. The monoisotopic (exact) mass is 373 g/mol. The number of urea groups is 1. The molecular weight excluding hydrogens is 354 g/mol. The number of amides is 3. The number of carbonyl (C=O) groups is 2. The molecular formula is C15H20ClN3O2S2. The van der Waals surface area contributed by atoms with Crippen LogP contribution >= 0.6 is 35.6 Å². The lowest BCUT2D eigenvalue weighted by molar-refractivity contribution is -0.119. The topological polar surface area (TPSA) is 61.4 Å². The van der Waals surface area contributed by atoms with Crippen LogP contribution in [0.4, 0.5) is 10.5 Å². The highest BCUT2D eigenvalue weighted by atomic mass is 35.5. The minimum Gasteiger partial charge on any atom is -0.358 e. The summed E-state index contributed by atoms with van der Waals surface area (Å²) in [4.78, 5) is 25.5. The molecule has 0 heterocycles. The zero-order chi connectivity index (χ0) is 17.2. The van der Waals surface area contributed by atoms with Gasteiger partial charge in [-0.2, -0.15) is 0 Å². The first-order chi connectivity index (χ1) is 11.0. The summed E-state index contributed by atoms with van der Waals surface area (Å²) in [5, 5.41) is 5.42. The Morgan fingerprint density at radius 1 is 1.22 bits per heavy atom. The third-order valence-electron chi connectivity index (χ3n) is 2.93. The first-order valence-electron chi connectivity index (χ1n) is 7.24. The molecule has 0 radical (unpaired) electrons. The standard InChI is InChI=1S/C15H20ClN3O2S2/c1-3-19(4-2)15(22)23-10-9-13(20)18-14(21)17-12-7-5-11(16)6-8-12/h5-8H,3-4,9-10H2,1-2H3,(H2,17,18,20,21). The van der Waals surface area contributed by atoms with Crippen LogP contribution in [-0.2, 0) is 4.79 Å². The summed E-state index contributed by atoms with van der Waals surface area (Å²) in [7, 11) is 0. The lowest BCUT2D eigenvalue weighted by Crippen LogP contribution is -2.34. The smallest absolute Gasteiger partial charge is 0.325 e. The van der Waals surface area contributed by atoms with Gasteiger partial charge in [-0.15, -0.1) is 0 Å². The van der Waals surface area contributed by atoms with Crippen molar-refractivity contribution in [3.05, 3.63) is 29.3 Å². The number of nitrogens with one attached hydrogen (secondary N) is 2. The molecule has 0 fully saturated rings. The summed E-state index contributed by atoms with van der Waals surface area (Å²) < 4.78 is 0.772. The normalized spacial score (nSPS) is 10.0. The molecule has 1 aromatic carbocycles. The Kier molecular flexibility index (Phi) is 8.98. The zero-order valence-corrected chi connectivity index (χ0v) is 15.5. The maximum atomic E-state index is 11.7. The molecule has 0 saturated heterocycles. The van der Waals surface area contributed by atoms with Crippen molar-refractivity contribution in [2.75, 3.05) is 24.2 Å². The lowest BCUT2D eigenvalue weighted by Gasteiger charge is -2.20. The number of rotatable bonds is 6. The zero-order valence-electron chi connectivity index (χ0n) is 13.1. The van der Waals surface area contributed by atoms with Crippen LogP contribution in [0.15, 0.2) is 24.3 Å². The van der Waals surface area contributed by atoms with Crippen molar-refractivity contribution in [2.24, 2.45) is 0 Å². The van der Waals surface area contributed by atoms with Crippen LogP contribution in [0.5, 0.6) is 0 Å². The first kappa shape index (κ1) is 19.7. The van der Waals surface area contributed by atoms with Crippen LogP contribution in [0, 0.1) is 0 Å². The number of thiocarbonyl (C=S) groups is 1. The van der Waals surface area contributed by atoms with Crippen molar-refractivity contribution in [3.63, 3.8) is 0 Å². The van der Waals surface area contributed by atoms with E-state index in [2.05, 4.69) is 10.6 Å². The van der Waals surface area contributed by atoms with E-state index in [9.17, 15) is 9.59 Å². The number of imide groups is 1. The van der Waals surface area contributed by atoms with E-state index >= 15 is 0 Å². The van der Waals surface area contributed by atoms with Crippen LogP contribution in [-0.4, -0.2) is 40.0 Å². The average molecular weight is 374 g/mol. The lowest BCUT2D eigenvalue weighted by atomic mass is 10.3. The SMILES string of the molecule is CCN(CC)C(=S)SCCC(=O)NC(=O)Nc1ccc(Cl)cc1.